The van der Waals surface area contributed by atoms with Gasteiger partial charge in [-0.05, 0) is 23.9 Å². The van der Waals surface area contributed by atoms with E-state index >= 15 is 0 Å². The van der Waals surface area contributed by atoms with E-state index in [0.717, 1.165) is 12.8 Å². The molecule has 2 unspecified atom stereocenters. The number of hydrogen-bond acceptors (Lipinski definition) is 3. The maximum atomic E-state index is 13.6. The first kappa shape index (κ1) is 15.2. The van der Waals surface area contributed by atoms with E-state index in [1.54, 1.807) is 29.5 Å². The maximum absolute atomic E-state index is 13.6. The van der Waals surface area contributed by atoms with E-state index in [2.05, 4.69) is 18.3 Å². The summed E-state index contributed by atoms with van der Waals surface area (Å²) in [5.74, 6) is -0.357. The Hall–Kier alpha value is -1.23. The van der Waals surface area contributed by atoms with Crippen LogP contribution in [0.5, 0.6) is 0 Å². The first-order valence-corrected chi connectivity index (χ1v) is 7.79. The third-order valence-corrected chi connectivity index (χ3v) is 4.27. The molecule has 0 saturated carbocycles. The molecule has 108 valence electrons. The zero-order valence-electron chi connectivity index (χ0n) is 11.6. The molecule has 0 aliphatic heterocycles. The molecule has 0 bridgehead atoms. The molecule has 20 heavy (non-hydrogen) atoms. The normalized spacial score (nSPS) is 14.2. The number of halogens is 1. The quantitative estimate of drug-likeness (QED) is 0.807. The Kier molecular flexibility index (Phi) is 5.71. The smallest absolute Gasteiger partial charge is 0.129 e. The van der Waals surface area contributed by atoms with Crippen LogP contribution in [-0.4, -0.2) is 11.7 Å². The molecule has 0 aliphatic rings. The molecular formula is C16H20FNOS. The molecular weight excluding hydrogens is 273 g/mol. The van der Waals surface area contributed by atoms with Gasteiger partial charge in [0.25, 0.3) is 0 Å². The largest absolute Gasteiger partial charge is 0.387 e. The molecule has 0 spiro atoms. The van der Waals surface area contributed by atoms with Crippen molar-refractivity contribution in [2.75, 3.05) is 6.54 Å². The van der Waals surface area contributed by atoms with Crippen LogP contribution in [-0.2, 0) is 0 Å². The molecule has 4 heteroatoms. The fourth-order valence-electron chi connectivity index (χ4n) is 2.23. The van der Waals surface area contributed by atoms with Gasteiger partial charge in [0.15, 0.2) is 0 Å². The van der Waals surface area contributed by atoms with Crippen molar-refractivity contribution in [3.05, 3.63) is 58.0 Å². The molecule has 0 saturated heterocycles. The Morgan fingerprint density at radius 3 is 2.70 bits per heavy atom. The number of thiophene rings is 1. The van der Waals surface area contributed by atoms with Gasteiger partial charge < -0.3 is 10.4 Å². The lowest BCUT2D eigenvalue weighted by Crippen LogP contribution is -2.26. The third kappa shape index (κ3) is 3.88. The van der Waals surface area contributed by atoms with E-state index in [1.807, 2.05) is 11.4 Å². The van der Waals surface area contributed by atoms with Crippen molar-refractivity contribution in [1.29, 1.82) is 0 Å². The Morgan fingerprint density at radius 2 is 2.05 bits per heavy atom. The van der Waals surface area contributed by atoms with Gasteiger partial charge in [-0.15, -0.1) is 11.3 Å². The van der Waals surface area contributed by atoms with Crippen LogP contribution in [0.1, 0.15) is 42.4 Å². The summed E-state index contributed by atoms with van der Waals surface area (Å²) >= 11 is 1.70. The maximum Gasteiger partial charge on any atom is 0.129 e. The van der Waals surface area contributed by atoms with Crippen molar-refractivity contribution >= 4 is 11.3 Å². The molecule has 2 atom stereocenters. The van der Waals surface area contributed by atoms with Gasteiger partial charge in [-0.2, -0.15) is 0 Å². The van der Waals surface area contributed by atoms with Gasteiger partial charge in [0, 0.05) is 23.0 Å². The van der Waals surface area contributed by atoms with E-state index in [1.165, 1.54) is 10.9 Å². The summed E-state index contributed by atoms with van der Waals surface area (Å²) in [6.45, 7) is 2.49. The molecule has 0 radical (unpaired) electrons. The predicted molar refractivity (Wildman–Crippen MR) is 81.3 cm³/mol. The first-order valence-electron chi connectivity index (χ1n) is 6.91. The van der Waals surface area contributed by atoms with Crippen LogP contribution < -0.4 is 5.32 Å². The SMILES string of the molecule is CCCC(NCC(O)c1ccccc1F)c1cccs1. The van der Waals surface area contributed by atoms with Crippen LogP contribution in [0.2, 0.25) is 0 Å². The minimum absolute atomic E-state index is 0.224. The van der Waals surface area contributed by atoms with Gasteiger partial charge in [0.2, 0.25) is 0 Å². The summed E-state index contributed by atoms with van der Waals surface area (Å²) in [6, 6.07) is 10.7. The number of aliphatic hydroxyl groups excluding tert-OH is 1. The molecule has 1 aromatic heterocycles. The Labute approximate surface area is 123 Å². The standard InChI is InChI=1S/C16H20FNOS/c1-2-6-14(16-9-5-10-20-16)18-11-15(19)12-7-3-4-8-13(12)17/h3-5,7-10,14-15,18-19H,2,6,11H2,1H3. The van der Waals surface area contributed by atoms with Crippen LogP contribution in [0.15, 0.2) is 41.8 Å². The highest BCUT2D eigenvalue weighted by molar-refractivity contribution is 7.10. The van der Waals surface area contributed by atoms with E-state index in [9.17, 15) is 9.50 Å². The molecule has 1 heterocycles. The predicted octanol–water partition coefficient (Wildman–Crippen LogP) is 4.05. The molecule has 1 aromatic carbocycles. The van der Waals surface area contributed by atoms with E-state index < -0.39 is 6.10 Å². The molecule has 2 aromatic rings. The zero-order chi connectivity index (χ0) is 14.4. The van der Waals surface area contributed by atoms with Crippen molar-refractivity contribution in [2.45, 2.75) is 31.9 Å². The fraction of sp³-hybridized carbons (Fsp3) is 0.375. The van der Waals surface area contributed by atoms with E-state index in [4.69, 9.17) is 0 Å². The summed E-state index contributed by atoms with van der Waals surface area (Å²) in [5.41, 5.74) is 0.349. The second-order valence-electron chi connectivity index (χ2n) is 4.80. The minimum Gasteiger partial charge on any atom is -0.387 e. The van der Waals surface area contributed by atoms with Crippen molar-refractivity contribution in [2.24, 2.45) is 0 Å². The number of benzene rings is 1. The average Bonchev–Trinajstić information content (AvgIpc) is 2.97. The van der Waals surface area contributed by atoms with Gasteiger partial charge >= 0.3 is 0 Å². The molecule has 0 amide bonds. The number of aliphatic hydroxyl groups is 1. The summed E-state index contributed by atoms with van der Waals surface area (Å²) in [7, 11) is 0. The summed E-state index contributed by atoms with van der Waals surface area (Å²) in [4.78, 5) is 1.26. The second-order valence-corrected chi connectivity index (χ2v) is 5.78. The second kappa shape index (κ2) is 7.53. The summed E-state index contributed by atoms with van der Waals surface area (Å²) in [6.07, 6.45) is 1.24. The lowest BCUT2D eigenvalue weighted by molar-refractivity contribution is 0.164. The lowest BCUT2D eigenvalue weighted by atomic mass is 10.1. The minimum atomic E-state index is -0.824. The van der Waals surface area contributed by atoms with Crippen LogP contribution in [0, 0.1) is 5.82 Å². The van der Waals surface area contributed by atoms with Crippen LogP contribution in [0.4, 0.5) is 4.39 Å². The molecule has 2 rings (SSSR count). The van der Waals surface area contributed by atoms with Crippen LogP contribution >= 0.6 is 11.3 Å². The Balaban J connectivity index is 1.97. The number of rotatable bonds is 7. The fourth-order valence-corrected chi connectivity index (χ4v) is 3.07. The Morgan fingerprint density at radius 1 is 1.25 bits per heavy atom. The average molecular weight is 293 g/mol. The van der Waals surface area contributed by atoms with Gasteiger partial charge in [0.1, 0.15) is 5.82 Å². The topological polar surface area (TPSA) is 32.3 Å². The van der Waals surface area contributed by atoms with Crippen molar-refractivity contribution in [3.8, 4) is 0 Å². The summed E-state index contributed by atoms with van der Waals surface area (Å²) < 4.78 is 13.6. The van der Waals surface area contributed by atoms with Crippen LogP contribution in [0.3, 0.4) is 0 Å². The van der Waals surface area contributed by atoms with Gasteiger partial charge in [-0.1, -0.05) is 37.6 Å². The highest BCUT2D eigenvalue weighted by Crippen LogP contribution is 2.24. The highest BCUT2D eigenvalue weighted by atomic mass is 32.1. The van der Waals surface area contributed by atoms with E-state index in [0.29, 0.717) is 12.1 Å². The molecule has 2 N–H and O–H groups in total. The lowest BCUT2D eigenvalue weighted by Gasteiger charge is -2.20. The highest BCUT2D eigenvalue weighted by Gasteiger charge is 2.16. The van der Waals surface area contributed by atoms with Gasteiger partial charge in [-0.25, -0.2) is 4.39 Å². The monoisotopic (exact) mass is 293 g/mol. The van der Waals surface area contributed by atoms with Crippen molar-refractivity contribution in [1.82, 2.24) is 5.32 Å². The van der Waals surface area contributed by atoms with Crippen molar-refractivity contribution in [3.63, 3.8) is 0 Å². The molecule has 0 aliphatic carbocycles. The molecule has 2 nitrogen and oxygen atoms in total. The number of nitrogens with one attached hydrogen (secondary N) is 1. The molecule has 0 fully saturated rings. The van der Waals surface area contributed by atoms with Gasteiger partial charge in [0.05, 0.1) is 6.10 Å². The Bertz CT molecular complexity index is 515. The number of hydrogen-bond donors (Lipinski definition) is 2. The third-order valence-electron chi connectivity index (χ3n) is 3.29. The first-order chi connectivity index (χ1) is 9.72. The zero-order valence-corrected chi connectivity index (χ0v) is 12.4. The van der Waals surface area contributed by atoms with E-state index in [-0.39, 0.29) is 11.9 Å². The van der Waals surface area contributed by atoms with Gasteiger partial charge in [-0.3, -0.25) is 0 Å². The van der Waals surface area contributed by atoms with Crippen molar-refractivity contribution < 1.29 is 9.50 Å². The summed E-state index contributed by atoms with van der Waals surface area (Å²) in [5, 5.41) is 15.5. The van der Waals surface area contributed by atoms with Crippen LogP contribution in [0.25, 0.3) is 0 Å².